The fourth-order valence-corrected chi connectivity index (χ4v) is 4.11. The minimum atomic E-state index is -0.0929. The van der Waals surface area contributed by atoms with Gasteiger partial charge in [0.1, 0.15) is 0 Å². The molecule has 0 radical (unpaired) electrons. The molecule has 0 unspecified atom stereocenters. The molecule has 32 heavy (non-hydrogen) atoms. The van der Waals surface area contributed by atoms with Crippen LogP contribution in [0.1, 0.15) is 35.0 Å². The third kappa shape index (κ3) is 4.23. The highest BCUT2D eigenvalue weighted by molar-refractivity contribution is 6.33. The number of likely N-dealkylation sites (tertiary alicyclic amines) is 1. The summed E-state index contributed by atoms with van der Waals surface area (Å²) >= 11 is 6.22. The molecular weight excluding hydrogens is 434 g/mol. The molecule has 1 aliphatic heterocycles. The average Bonchev–Trinajstić information content (AvgIpc) is 3.33. The summed E-state index contributed by atoms with van der Waals surface area (Å²) in [7, 11) is 4.65. The van der Waals surface area contributed by atoms with E-state index in [1.54, 1.807) is 56.6 Å². The van der Waals surface area contributed by atoms with Crippen LogP contribution in [0.25, 0.3) is 11.4 Å². The minimum absolute atomic E-state index is 0.0570. The fraction of sp³-hybridized carbons (Fsp3) is 0.348. The Morgan fingerprint density at radius 2 is 1.84 bits per heavy atom. The summed E-state index contributed by atoms with van der Waals surface area (Å²) in [6.45, 7) is 1.15. The Morgan fingerprint density at radius 3 is 2.50 bits per heavy atom. The smallest absolute Gasteiger partial charge is 0.255 e. The van der Waals surface area contributed by atoms with Gasteiger partial charge in [0.2, 0.25) is 17.5 Å². The summed E-state index contributed by atoms with van der Waals surface area (Å²) in [4.78, 5) is 19.4. The Morgan fingerprint density at radius 1 is 1.12 bits per heavy atom. The van der Waals surface area contributed by atoms with E-state index in [0.29, 0.717) is 58.2 Å². The standard InChI is InChI=1S/C23H24ClN3O5/c1-29-18-11-15(12-19(30-2)20(18)31-3)21-25-22(32-26-21)14-7-6-10-27(13-14)23(28)16-8-4-5-9-17(16)24/h4-5,8-9,11-12,14H,6-7,10,13H2,1-3H3/t14-/m1/s1. The first-order valence-electron chi connectivity index (χ1n) is 10.2. The number of carbonyl (C=O) groups excluding carboxylic acids is 1. The molecule has 0 bridgehead atoms. The Hall–Kier alpha value is -3.26. The molecule has 1 amide bonds. The molecule has 3 aromatic rings. The van der Waals surface area contributed by atoms with Crippen LogP contribution in [-0.2, 0) is 0 Å². The van der Waals surface area contributed by atoms with Gasteiger partial charge < -0.3 is 23.6 Å². The molecule has 2 aromatic carbocycles. The Bertz CT molecular complexity index is 1090. The summed E-state index contributed by atoms with van der Waals surface area (Å²) in [5.74, 6) is 2.25. The first-order chi connectivity index (χ1) is 15.5. The summed E-state index contributed by atoms with van der Waals surface area (Å²) in [5, 5.41) is 4.59. The van der Waals surface area contributed by atoms with Crippen molar-refractivity contribution in [1.82, 2.24) is 15.0 Å². The average molecular weight is 458 g/mol. The van der Waals surface area contributed by atoms with E-state index in [-0.39, 0.29) is 11.8 Å². The lowest BCUT2D eigenvalue weighted by molar-refractivity contribution is 0.0696. The zero-order valence-corrected chi connectivity index (χ0v) is 18.9. The Kier molecular flexibility index (Phi) is 6.50. The quantitative estimate of drug-likeness (QED) is 0.540. The van der Waals surface area contributed by atoms with Crippen molar-refractivity contribution in [2.45, 2.75) is 18.8 Å². The minimum Gasteiger partial charge on any atom is -0.493 e. The summed E-state index contributed by atoms with van der Waals surface area (Å²) in [5.41, 5.74) is 1.17. The number of ether oxygens (including phenoxy) is 3. The van der Waals surface area contributed by atoms with E-state index in [9.17, 15) is 4.79 Å². The summed E-state index contributed by atoms with van der Waals surface area (Å²) in [6, 6.07) is 10.6. The van der Waals surface area contributed by atoms with E-state index in [2.05, 4.69) is 10.1 Å². The van der Waals surface area contributed by atoms with E-state index >= 15 is 0 Å². The molecule has 9 heteroatoms. The Balaban J connectivity index is 1.56. The third-order valence-corrected chi connectivity index (χ3v) is 5.86. The molecule has 0 N–H and O–H groups in total. The Labute approximate surface area is 191 Å². The second-order valence-electron chi connectivity index (χ2n) is 7.44. The monoisotopic (exact) mass is 457 g/mol. The first-order valence-corrected chi connectivity index (χ1v) is 10.6. The van der Waals surface area contributed by atoms with Crippen LogP contribution < -0.4 is 14.2 Å². The number of carbonyl (C=O) groups is 1. The lowest BCUT2D eigenvalue weighted by atomic mass is 9.97. The third-order valence-electron chi connectivity index (χ3n) is 5.53. The van der Waals surface area contributed by atoms with Crippen molar-refractivity contribution in [1.29, 1.82) is 0 Å². The maximum Gasteiger partial charge on any atom is 0.255 e. The molecule has 1 aliphatic rings. The van der Waals surface area contributed by atoms with Crippen LogP contribution in [0.3, 0.4) is 0 Å². The van der Waals surface area contributed by atoms with Gasteiger partial charge in [-0.1, -0.05) is 28.9 Å². The normalized spacial score (nSPS) is 16.0. The van der Waals surface area contributed by atoms with E-state index < -0.39 is 0 Å². The highest BCUT2D eigenvalue weighted by Crippen LogP contribution is 2.41. The number of halogens is 1. The lowest BCUT2D eigenvalue weighted by Gasteiger charge is -2.31. The maximum atomic E-state index is 13.0. The van der Waals surface area contributed by atoms with E-state index in [4.69, 9.17) is 30.3 Å². The number of aromatic nitrogens is 2. The van der Waals surface area contributed by atoms with Crippen molar-refractivity contribution in [3.8, 4) is 28.6 Å². The lowest BCUT2D eigenvalue weighted by Crippen LogP contribution is -2.39. The summed E-state index contributed by atoms with van der Waals surface area (Å²) in [6.07, 6.45) is 1.69. The van der Waals surface area contributed by atoms with Crippen molar-refractivity contribution in [3.63, 3.8) is 0 Å². The molecule has 1 fully saturated rings. The molecule has 1 saturated heterocycles. The molecule has 1 atom stereocenters. The van der Waals surface area contributed by atoms with Crippen LogP contribution in [0, 0.1) is 0 Å². The van der Waals surface area contributed by atoms with Gasteiger partial charge >= 0.3 is 0 Å². The largest absolute Gasteiger partial charge is 0.493 e. The number of nitrogens with zero attached hydrogens (tertiary/aromatic N) is 3. The molecule has 0 spiro atoms. The first kappa shape index (κ1) is 22.0. The highest BCUT2D eigenvalue weighted by atomic mass is 35.5. The van der Waals surface area contributed by atoms with E-state index in [0.717, 1.165) is 12.8 Å². The van der Waals surface area contributed by atoms with Gasteiger partial charge in [-0.2, -0.15) is 4.98 Å². The predicted molar refractivity (Wildman–Crippen MR) is 119 cm³/mol. The van der Waals surface area contributed by atoms with Crippen molar-refractivity contribution in [2.24, 2.45) is 0 Å². The number of rotatable bonds is 6. The van der Waals surface area contributed by atoms with Crippen molar-refractivity contribution in [2.75, 3.05) is 34.4 Å². The number of amides is 1. The van der Waals surface area contributed by atoms with E-state index in [1.165, 1.54) is 0 Å². The van der Waals surface area contributed by atoms with Crippen molar-refractivity contribution < 1.29 is 23.5 Å². The van der Waals surface area contributed by atoms with Gasteiger partial charge in [-0.25, -0.2) is 0 Å². The number of methoxy groups -OCH3 is 3. The van der Waals surface area contributed by atoms with Crippen LogP contribution >= 0.6 is 11.6 Å². The predicted octanol–water partition coefficient (Wildman–Crippen LogP) is 4.44. The van der Waals surface area contributed by atoms with E-state index in [1.807, 2.05) is 6.07 Å². The van der Waals surface area contributed by atoms with Gasteiger partial charge in [0.25, 0.3) is 5.91 Å². The molecule has 2 heterocycles. The SMILES string of the molecule is COc1cc(-c2noc([C@@H]3CCCN(C(=O)c4ccccc4Cl)C3)n2)cc(OC)c1OC. The van der Waals surface area contributed by atoms with Gasteiger partial charge in [-0.15, -0.1) is 0 Å². The molecule has 1 aromatic heterocycles. The number of hydrogen-bond acceptors (Lipinski definition) is 7. The van der Waals surface area contributed by atoms with Gasteiger partial charge in [-0.3, -0.25) is 4.79 Å². The van der Waals surface area contributed by atoms with Crippen LogP contribution in [0.5, 0.6) is 17.2 Å². The molecule has 0 saturated carbocycles. The number of piperidine rings is 1. The summed E-state index contributed by atoms with van der Waals surface area (Å²) < 4.78 is 21.8. The molecular formula is C23H24ClN3O5. The zero-order chi connectivity index (χ0) is 22.7. The van der Waals surface area contributed by atoms with Gasteiger partial charge in [0.15, 0.2) is 11.5 Å². The van der Waals surface area contributed by atoms with Gasteiger partial charge in [-0.05, 0) is 37.1 Å². The van der Waals surface area contributed by atoms with Crippen molar-refractivity contribution >= 4 is 17.5 Å². The zero-order valence-electron chi connectivity index (χ0n) is 18.1. The number of benzene rings is 2. The van der Waals surface area contributed by atoms with Crippen LogP contribution in [0.4, 0.5) is 0 Å². The fourth-order valence-electron chi connectivity index (χ4n) is 3.90. The molecule has 4 rings (SSSR count). The topological polar surface area (TPSA) is 86.9 Å². The van der Waals surface area contributed by atoms with Crippen LogP contribution in [-0.4, -0.2) is 55.4 Å². The second-order valence-corrected chi connectivity index (χ2v) is 7.85. The molecule has 168 valence electrons. The molecule has 0 aliphatic carbocycles. The van der Waals surface area contributed by atoms with Crippen LogP contribution in [0.2, 0.25) is 5.02 Å². The highest BCUT2D eigenvalue weighted by Gasteiger charge is 2.30. The number of hydrogen-bond donors (Lipinski definition) is 0. The van der Waals surface area contributed by atoms with Crippen molar-refractivity contribution in [3.05, 3.63) is 52.9 Å². The van der Waals surface area contributed by atoms with Gasteiger partial charge in [0, 0.05) is 18.7 Å². The second kappa shape index (κ2) is 9.48. The van der Waals surface area contributed by atoms with Crippen LogP contribution in [0.15, 0.2) is 40.9 Å². The van der Waals surface area contributed by atoms with Gasteiger partial charge in [0.05, 0.1) is 37.8 Å². The maximum absolute atomic E-state index is 13.0. The molecule has 8 nitrogen and oxygen atoms in total.